The van der Waals surface area contributed by atoms with E-state index in [2.05, 4.69) is 18.8 Å². The van der Waals surface area contributed by atoms with Gasteiger partial charge >= 0.3 is 0 Å². The van der Waals surface area contributed by atoms with Crippen LogP contribution in [-0.4, -0.2) is 19.2 Å². The fraction of sp³-hybridized carbons (Fsp3) is 0.357. The molecule has 4 heteroatoms. The fourth-order valence-electron chi connectivity index (χ4n) is 2.04. The van der Waals surface area contributed by atoms with Gasteiger partial charge in [0.25, 0.3) is 0 Å². The quantitative estimate of drug-likeness (QED) is 0.904. The summed E-state index contributed by atoms with van der Waals surface area (Å²) in [5, 5.41) is 0.926. The molecule has 18 heavy (non-hydrogen) atoms. The van der Waals surface area contributed by atoms with E-state index in [1.54, 1.807) is 14.2 Å². The van der Waals surface area contributed by atoms with Crippen LogP contribution in [-0.2, 0) is 0 Å². The van der Waals surface area contributed by atoms with Crippen molar-refractivity contribution < 1.29 is 9.47 Å². The summed E-state index contributed by atoms with van der Waals surface area (Å²) in [5.74, 6) is 2.34. The predicted molar refractivity (Wildman–Crippen MR) is 73.3 cm³/mol. The summed E-state index contributed by atoms with van der Waals surface area (Å²) in [6.45, 7) is 4.18. The largest absolute Gasteiger partial charge is 0.496 e. The van der Waals surface area contributed by atoms with E-state index >= 15 is 0 Å². The molecule has 0 saturated carbocycles. The van der Waals surface area contributed by atoms with Crippen molar-refractivity contribution in [1.29, 1.82) is 0 Å². The monoisotopic (exact) mass is 246 g/mol. The SMILES string of the molecule is COc1ccc(OC)c2nc(N)c(C(C)C)cc12. The molecule has 0 amide bonds. The molecule has 0 spiro atoms. The van der Waals surface area contributed by atoms with Crippen LogP contribution < -0.4 is 15.2 Å². The summed E-state index contributed by atoms with van der Waals surface area (Å²) >= 11 is 0. The van der Waals surface area contributed by atoms with Crippen LogP contribution in [0.1, 0.15) is 25.3 Å². The molecule has 0 unspecified atom stereocenters. The molecule has 2 rings (SSSR count). The van der Waals surface area contributed by atoms with Gasteiger partial charge in [0.05, 0.1) is 14.2 Å². The van der Waals surface area contributed by atoms with Crippen molar-refractivity contribution in [3.63, 3.8) is 0 Å². The molecule has 96 valence electrons. The first-order valence-electron chi connectivity index (χ1n) is 5.89. The number of anilines is 1. The van der Waals surface area contributed by atoms with Crippen molar-refractivity contribution in [2.24, 2.45) is 0 Å². The molecule has 1 aromatic carbocycles. The summed E-state index contributed by atoms with van der Waals surface area (Å²) in [6.07, 6.45) is 0. The average molecular weight is 246 g/mol. The second-order valence-electron chi connectivity index (χ2n) is 4.48. The maximum Gasteiger partial charge on any atom is 0.145 e. The molecule has 4 nitrogen and oxygen atoms in total. The zero-order chi connectivity index (χ0) is 13.3. The van der Waals surface area contributed by atoms with Crippen LogP contribution in [0.2, 0.25) is 0 Å². The van der Waals surface area contributed by atoms with Gasteiger partial charge in [0.2, 0.25) is 0 Å². The molecule has 0 fully saturated rings. The molecule has 1 heterocycles. The second-order valence-corrected chi connectivity index (χ2v) is 4.48. The number of hydrogen-bond acceptors (Lipinski definition) is 4. The van der Waals surface area contributed by atoms with Crippen LogP contribution in [0.25, 0.3) is 10.9 Å². The molecule has 2 N–H and O–H groups in total. The van der Waals surface area contributed by atoms with Gasteiger partial charge in [-0.15, -0.1) is 0 Å². The minimum atomic E-state index is 0.317. The first-order chi connectivity index (χ1) is 8.58. The summed E-state index contributed by atoms with van der Waals surface area (Å²) in [4.78, 5) is 4.45. The smallest absolute Gasteiger partial charge is 0.145 e. The van der Waals surface area contributed by atoms with Crippen molar-refractivity contribution in [3.05, 3.63) is 23.8 Å². The number of ether oxygens (including phenoxy) is 2. The lowest BCUT2D eigenvalue weighted by Gasteiger charge is -2.14. The Morgan fingerprint density at radius 2 is 1.72 bits per heavy atom. The van der Waals surface area contributed by atoms with Gasteiger partial charge in [-0.3, -0.25) is 0 Å². The summed E-state index contributed by atoms with van der Waals surface area (Å²) in [5.41, 5.74) is 7.75. The predicted octanol–water partition coefficient (Wildman–Crippen LogP) is 2.96. The van der Waals surface area contributed by atoms with Gasteiger partial charge in [-0.2, -0.15) is 0 Å². The third kappa shape index (κ3) is 1.94. The fourth-order valence-corrected chi connectivity index (χ4v) is 2.04. The molecular weight excluding hydrogens is 228 g/mol. The number of rotatable bonds is 3. The maximum absolute atomic E-state index is 6.00. The number of aromatic nitrogens is 1. The van der Waals surface area contributed by atoms with Crippen LogP contribution in [0.15, 0.2) is 18.2 Å². The van der Waals surface area contributed by atoms with Crippen LogP contribution >= 0.6 is 0 Å². The number of hydrogen-bond donors (Lipinski definition) is 1. The van der Waals surface area contributed by atoms with Gasteiger partial charge < -0.3 is 15.2 Å². The lowest BCUT2D eigenvalue weighted by atomic mass is 10.0. The molecule has 0 atom stereocenters. The Labute approximate surface area is 107 Å². The Morgan fingerprint density at radius 1 is 1.11 bits per heavy atom. The van der Waals surface area contributed by atoms with Crippen LogP contribution in [0.5, 0.6) is 11.5 Å². The molecule has 0 aliphatic rings. The number of nitrogens with zero attached hydrogens (tertiary/aromatic N) is 1. The molecule has 0 aliphatic carbocycles. The highest BCUT2D eigenvalue weighted by Crippen LogP contribution is 2.35. The first kappa shape index (κ1) is 12.5. The maximum atomic E-state index is 6.00. The van der Waals surface area contributed by atoms with E-state index in [1.807, 2.05) is 18.2 Å². The Balaban J connectivity index is 2.81. The van der Waals surface area contributed by atoms with E-state index in [4.69, 9.17) is 15.2 Å². The van der Waals surface area contributed by atoms with Crippen LogP contribution in [0, 0.1) is 0 Å². The van der Waals surface area contributed by atoms with Gasteiger partial charge in [-0.05, 0) is 29.7 Å². The van der Waals surface area contributed by atoms with E-state index in [1.165, 1.54) is 0 Å². The normalized spacial score (nSPS) is 10.9. The van der Waals surface area contributed by atoms with Crippen molar-refractivity contribution in [3.8, 4) is 11.5 Å². The Hall–Kier alpha value is -1.97. The second kappa shape index (κ2) is 4.72. The van der Waals surface area contributed by atoms with E-state index in [-0.39, 0.29) is 0 Å². The molecular formula is C14H18N2O2. The lowest BCUT2D eigenvalue weighted by molar-refractivity contribution is 0.409. The van der Waals surface area contributed by atoms with Gasteiger partial charge in [-0.25, -0.2) is 4.98 Å². The van der Waals surface area contributed by atoms with Crippen molar-refractivity contribution in [2.75, 3.05) is 20.0 Å². The number of nitrogen functional groups attached to an aromatic ring is 1. The topological polar surface area (TPSA) is 57.4 Å². The third-order valence-corrected chi connectivity index (χ3v) is 3.03. The third-order valence-electron chi connectivity index (χ3n) is 3.03. The highest BCUT2D eigenvalue weighted by molar-refractivity contribution is 5.92. The van der Waals surface area contributed by atoms with Gasteiger partial charge in [0, 0.05) is 5.39 Å². The Bertz CT molecular complexity index is 580. The van der Waals surface area contributed by atoms with E-state index < -0.39 is 0 Å². The standard InChI is InChI=1S/C14H18N2O2/c1-8(2)9-7-10-11(17-3)5-6-12(18-4)13(10)16-14(9)15/h5-8H,1-4H3,(H2,15,16). The molecule has 0 saturated heterocycles. The molecule has 0 radical (unpaired) electrons. The number of fused-ring (bicyclic) bond motifs is 1. The summed E-state index contributed by atoms with van der Waals surface area (Å²) in [7, 11) is 3.27. The minimum absolute atomic E-state index is 0.317. The number of pyridine rings is 1. The van der Waals surface area contributed by atoms with Gasteiger partial charge in [0.15, 0.2) is 0 Å². The highest BCUT2D eigenvalue weighted by atomic mass is 16.5. The summed E-state index contributed by atoms with van der Waals surface area (Å²) in [6, 6.07) is 5.75. The Kier molecular flexibility index (Phi) is 3.28. The first-order valence-corrected chi connectivity index (χ1v) is 5.89. The highest BCUT2D eigenvalue weighted by Gasteiger charge is 2.13. The molecule has 0 bridgehead atoms. The molecule has 2 aromatic rings. The van der Waals surface area contributed by atoms with E-state index in [9.17, 15) is 0 Å². The van der Waals surface area contributed by atoms with Crippen LogP contribution in [0.4, 0.5) is 5.82 Å². The lowest BCUT2D eigenvalue weighted by Crippen LogP contribution is -2.01. The average Bonchev–Trinajstić information content (AvgIpc) is 2.36. The summed E-state index contributed by atoms with van der Waals surface area (Å²) < 4.78 is 10.7. The Morgan fingerprint density at radius 3 is 2.28 bits per heavy atom. The number of benzene rings is 1. The number of nitrogens with two attached hydrogens (primary N) is 1. The van der Waals surface area contributed by atoms with Crippen molar-refractivity contribution in [1.82, 2.24) is 4.98 Å². The number of methoxy groups -OCH3 is 2. The van der Waals surface area contributed by atoms with E-state index in [0.717, 1.165) is 22.2 Å². The van der Waals surface area contributed by atoms with Crippen molar-refractivity contribution >= 4 is 16.7 Å². The zero-order valence-electron chi connectivity index (χ0n) is 11.2. The molecule has 1 aromatic heterocycles. The molecule has 0 aliphatic heterocycles. The van der Waals surface area contributed by atoms with Crippen LogP contribution in [0.3, 0.4) is 0 Å². The van der Waals surface area contributed by atoms with Crippen molar-refractivity contribution in [2.45, 2.75) is 19.8 Å². The van der Waals surface area contributed by atoms with Gasteiger partial charge in [0.1, 0.15) is 22.8 Å². The van der Waals surface area contributed by atoms with E-state index in [0.29, 0.717) is 17.5 Å². The van der Waals surface area contributed by atoms with Gasteiger partial charge in [-0.1, -0.05) is 13.8 Å². The minimum Gasteiger partial charge on any atom is -0.496 e. The zero-order valence-corrected chi connectivity index (χ0v) is 11.2.